The van der Waals surface area contributed by atoms with Crippen LogP contribution in [0.25, 0.3) is 0 Å². The van der Waals surface area contributed by atoms with Crippen molar-refractivity contribution in [3.63, 3.8) is 0 Å². The molecule has 1 fully saturated rings. The molecule has 2 aromatic heterocycles. The van der Waals surface area contributed by atoms with Gasteiger partial charge in [0.15, 0.2) is 0 Å². The first kappa shape index (κ1) is 17.0. The molecule has 4 heterocycles. The summed E-state index contributed by atoms with van der Waals surface area (Å²) in [6, 6.07) is 2.04. The molecule has 3 amide bonds. The lowest BCUT2D eigenvalue weighted by Gasteiger charge is -2.28. The van der Waals surface area contributed by atoms with Gasteiger partial charge in [-0.2, -0.15) is 5.10 Å². The fourth-order valence-electron chi connectivity index (χ4n) is 3.64. The van der Waals surface area contributed by atoms with Gasteiger partial charge in [0, 0.05) is 37.6 Å². The molecule has 7 nitrogen and oxygen atoms in total. The van der Waals surface area contributed by atoms with Crippen molar-refractivity contribution in [1.82, 2.24) is 19.6 Å². The van der Waals surface area contributed by atoms with Gasteiger partial charge in [-0.15, -0.1) is 11.3 Å². The second kappa shape index (κ2) is 6.68. The Balaban J connectivity index is 1.39. The van der Waals surface area contributed by atoms with E-state index in [-0.39, 0.29) is 30.7 Å². The number of carbonyl (C=O) groups is 3. The summed E-state index contributed by atoms with van der Waals surface area (Å²) in [5, 5.41) is 6.13. The summed E-state index contributed by atoms with van der Waals surface area (Å²) in [6.07, 6.45) is 5.03. The summed E-state index contributed by atoms with van der Waals surface area (Å²) < 4.78 is 1.67. The highest BCUT2D eigenvalue weighted by atomic mass is 32.1. The number of rotatable bonds is 4. The Morgan fingerprint density at radius 1 is 1.38 bits per heavy atom. The van der Waals surface area contributed by atoms with Gasteiger partial charge >= 0.3 is 0 Å². The maximum absolute atomic E-state index is 12.6. The smallest absolute Gasteiger partial charge is 0.243 e. The van der Waals surface area contributed by atoms with Crippen LogP contribution in [0.2, 0.25) is 0 Å². The van der Waals surface area contributed by atoms with Gasteiger partial charge in [-0.3, -0.25) is 24.0 Å². The monoisotopic (exact) mass is 372 g/mol. The maximum Gasteiger partial charge on any atom is 0.243 e. The average molecular weight is 372 g/mol. The number of amides is 3. The number of aryl methyl sites for hydroxylation is 1. The van der Waals surface area contributed by atoms with E-state index in [0.717, 1.165) is 16.9 Å². The molecule has 26 heavy (non-hydrogen) atoms. The molecular formula is C18H20N4O3S. The van der Waals surface area contributed by atoms with Gasteiger partial charge in [-0.1, -0.05) is 0 Å². The summed E-state index contributed by atoms with van der Waals surface area (Å²) in [5.41, 5.74) is 2.09. The number of imide groups is 1. The van der Waals surface area contributed by atoms with Crippen LogP contribution in [0.15, 0.2) is 23.8 Å². The Morgan fingerprint density at radius 2 is 2.23 bits per heavy atom. The van der Waals surface area contributed by atoms with E-state index in [1.165, 1.54) is 10.4 Å². The van der Waals surface area contributed by atoms with Gasteiger partial charge < -0.3 is 4.90 Å². The van der Waals surface area contributed by atoms with Crippen LogP contribution in [-0.4, -0.2) is 50.4 Å². The molecule has 0 spiro atoms. The second-order valence-corrected chi connectivity index (χ2v) is 7.88. The van der Waals surface area contributed by atoms with Gasteiger partial charge in [-0.05, 0) is 35.4 Å². The Kier molecular flexibility index (Phi) is 4.36. The summed E-state index contributed by atoms with van der Waals surface area (Å²) in [5.74, 6) is -1.07. The molecule has 2 aromatic rings. The summed E-state index contributed by atoms with van der Waals surface area (Å²) in [6.45, 7) is 1.05. The number of hydrogen-bond acceptors (Lipinski definition) is 5. The summed E-state index contributed by atoms with van der Waals surface area (Å²) in [4.78, 5) is 41.7. The molecule has 2 aliphatic rings. The Bertz CT molecular complexity index is 871. The molecule has 8 heteroatoms. The van der Waals surface area contributed by atoms with Crippen LogP contribution >= 0.6 is 11.3 Å². The number of nitrogens with zero attached hydrogens (tertiary/aromatic N) is 4. The van der Waals surface area contributed by atoms with Crippen LogP contribution in [-0.2, 0) is 40.8 Å². The molecule has 0 N–H and O–H groups in total. The van der Waals surface area contributed by atoms with E-state index in [1.807, 2.05) is 24.7 Å². The molecule has 1 saturated heterocycles. The summed E-state index contributed by atoms with van der Waals surface area (Å²) >= 11 is 1.71. The molecule has 1 atom stereocenters. The quantitative estimate of drug-likeness (QED) is 0.750. The lowest BCUT2D eigenvalue weighted by atomic mass is 10.0. The van der Waals surface area contributed by atoms with Gasteiger partial charge in [0.1, 0.15) is 6.54 Å². The molecule has 0 bridgehead atoms. The first-order chi connectivity index (χ1) is 12.5. The zero-order chi connectivity index (χ0) is 18.3. The van der Waals surface area contributed by atoms with Crippen LogP contribution in [0.4, 0.5) is 0 Å². The van der Waals surface area contributed by atoms with Crippen molar-refractivity contribution >= 4 is 29.1 Å². The van der Waals surface area contributed by atoms with Crippen LogP contribution in [0.5, 0.6) is 0 Å². The molecule has 4 rings (SSSR count). The zero-order valence-electron chi connectivity index (χ0n) is 14.6. The van der Waals surface area contributed by atoms with E-state index in [0.29, 0.717) is 19.5 Å². The molecule has 0 aliphatic carbocycles. The van der Waals surface area contributed by atoms with E-state index >= 15 is 0 Å². The number of thiophene rings is 1. The third kappa shape index (κ3) is 3.16. The number of fused-ring (bicyclic) bond motifs is 1. The fraction of sp³-hybridized carbons (Fsp3) is 0.444. The fourth-order valence-corrected chi connectivity index (χ4v) is 4.53. The first-order valence-electron chi connectivity index (χ1n) is 8.66. The minimum absolute atomic E-state index is 0.152. The highest BCUT2D eigenvalue weighted by Crippen LogP contribution is 2.26. The Labute approximate surface area is 155 Å². The third-order valence-corrected chi connectivity index (χ3v) is 6.05. The van der Waals surface area contributed by atoms with Crippen molar-refractivity contribution in [2.24, 2.45) is 13.0 Å². The minimum Gasteiger partial charge on any atom is -0.336 e. The van der Waals surface area contributed by atoms with Gasteiger partial charge in [-0.25, -0.2) is 0 Å². The van der Waals surface area contributed by atoms with Crippen LogP contribution in [0, 0.1) is 5.92 Å². The van der Waals surface area contributed by atoms with Crippen molar-refractivity contribution in [1.29, 1.82) is 0 Å². The number of hydrogen-bond donors (Lipinski definition) is 0. The van der Waals surface area contributed by atoms with Crippen molar-refractivity contribution in [3.8, 4) is 0 Å². The van der Waals surface area contributed by atoms with Crippen molar-refractivity contribution < 1.29 is 14.4 Å². The Morgan fingerprint density at radius 3 is 3.00 bits per heavy atom. The van der Waals surface area contributed by atoms with Crippen LogP contribution in [0.1, 0.15) is 22.4 Å². The number of aromatic nitrogens is 2. The molecule has 0 radical (unpaired) electrons. The van der Waals surface area contributed by atoms with E-state index in [9.17, 15) is 14.4 Å². The predicted octanol–water partition coefficient (Wildman–Crippen LogP) is 0.984. The SMILES string of the molecule is Cn1cc(CC2CC(=O)N(CC(=O)N3CCc4sccc4C3)C2=O)cn1. The minimum atomic E-state index is -0.399. The highest BCUT2D eigenvalue weighted by Gasteiger charge is 2.40. The van der Waals surface area contributed by atoms with Crippen molar-refractivity contribution in [2.75, 3.05) is 13.1 Å². The molecule has 0 aromatic carbocycles. The maximum atomic E-state index is 12.6. The number of carbonyl (C=O) groups excluding carboxylic acids is 3. The van der Waals surface area contributed by atoms with Gasteiger partial charge in [0.05, 0.1) is 12.1 Å². The topological polar surface area (TPSA) is 75.5 Å². The van der Waals surface area contributed by atoms with E-state index in [1.54, 1.807) is 27.1 Å². The molecule has 1 unspecified atom stereocenters. The van der Waals surface area contributed by atoms with E-state index in [2.05, 4.69) is 5.10 Å². The van der Waals surface area contributed by atoms with Gasteiger partial charge in [0.2, 0.25) is 17.7 Å². The average Bonchev–Trinajstić information content (AvgIpc) is 3.31. The van der Waals surface area contributed by atoms with E-state index < -0.39 is 5.92 Å². The highest BCUT2D eigenvalue weighted by molar-refractivity contribution is 7.10. The molecular weight excluding hydrogens is 352 g/mol. The second-order valence-electron chi connectivity index (χ2n) is 6.88. The largest absolute Gasteiger partial charge is 0.336 e. The van der Waals surface area contributed by atoms with Crippen LogP contribution in [0.3, 0.4) is 0 Å². The normalized spacial score (nSPS) is 20.0. The van der Waals surface area contributed by atoms with Crippen molar-refractivity contribution in [3.05, 3.63) is 39.8 Å². The lowest BCUT2D eigenvalue weighted by Crippen LogP contribution is -2.44. The van der Waals surface area contributed by atoms with Crippen LogP contribution < -0.4 is 0 Å². The molecule has 136 valence electrons. The predicted molar refractivity (Wildman–Crippen MR) is 95.2 cm³/mol. The zero-order valence-corrected chi connectivity index (χ0v) is 15.4. The lowest BCUT2D eigenvalue weighted by molar-refractivity contribution is -0.146. The number of likely N-dealkylation sites (tertiary alicyclic amines) is 1. The summed E-state index contributed by atoms with van der Waals surface area (Å²) in [7, 11) is 1.81. The molecule has 2 aliphatic heterocycles. The third-order valence-electron chi connectivity index (χ3n) is 5.03. The standard InChI is InChI=1S/C18H20N4O3S/c1-20-9-12(8-19-20)6-14-7-16(23)22(18(14)25)11-17(24)21-4-2-15-13(10-21)3-5-26-15/h3,5,8-9,14H,2,4,6-7,10-11H2,1H3. The molecule has 0 saturated carbocycles. The van der Waals surface area contributed by atoms with E-state index in [4.69, 9.17) is 0 Å². The van der Waals surface area contributed by atoms with Crippen molar-refractivity contribution in [2.45, 2.75) is 25.8 Å². The Hall–Kier alpha value is -2.48. The first-order valence-corrected chi connectivity index (χ1v) is 9.54. The van der Waals surface area contributed by atoms with Gasteiger partial charge in [0.25, 0.3) is 0 Å².